The zero-order valence-corrected chi connectivity index (χ0v) is 7.72. The molecule has 0 aromatic carbocycles. The monoisotopic (exact) mass is 170 g/mol. The van der Waals surface area contributed by atoms with Gasteiger partial charge in [0.1, 0.15) is 11.9 Å². The molecule has 0 spiro atoms. The quantitative estimate of drug-likeness (QED) is 0.593. The molecule has 1 heterocycles. The molecule has 0 aromatic heterocycles. The maximum Gasteiger partial charge on any atom is 0.164 e. The van der Waals surface area contributed by atoms with E-state index in [0.29, 0.717) is 12.8 Å². The molecule has 1 fully saturated rings. The van der Waals surface area contributed by atoms with E-state index in [1.54, 1.807) is 0 Å². The molecule has 0 bridgehead atoms. The van der Waals surface area contributed by atoms with Gasteiger partial charge in [-0.2, -0.15) is 0 Å². The fraction of sp³-hybridized carbons (Fsp3) is 0.778. The summed E-state index contributed by atoms with van der Waals surface area (Å²) >= 11 is 0. The molecule has 3 heteroatoms. The van der Waals surface area contributed by atoms with Crippen LogP contribution in [0.4, 0.5) is 0 Å². The second-order valence-corrected chi connectivity index (χ2v) is 3.77. The summed E-state index contributed by atoms with van der Waals surface area (Å²) in [6.45, 7) is 5.25. The molecule has 0 radical (unpaired) electrons. The maximum absolute atomic E-state index is 11.2. The molecule has 0 N–H and O–H groups in total. The van der Waals surface area contributed by atoms with Crippen LogP contribution in [0.3, 0.4) is 0 Å². The second kappa shape index (κ2) is 2.98. The summed E-state index contributed by atoms with van der Waals surface area (Å²) in [5.74, 6) is 0.108. The number of Topliss-reactive ketones (excluding diaryl/α,β-unsaturated/α-hetero) is 2. The maximum atomic E-state index is 11.2. The van der Waals surface area contributed by atoms with Crippen molar-refractivity contribution >= 4 is 11.6 Å². The van der Waals surface area contributed by atoms with Gasteiger partial charge >= 0.3 is 0 Å². The van der Waals surface area contributed by atoms with Gasteiger partial charge in [0.25, 0.3) is 0 Å². The van der Waals surface area contributed by atoms with Gasteiger partial charge in [-0.05, 0) is 20.8 Å². The SMILES string of the molecule is CC(=O)CCC(=O)C1OC1(C)C. The molecule has 1 atom stereocenters. The van der Waals surface area contributed by atoms with Gasteiger partial charge < -0.3 is 9.53 Å². The van der Waals surface area contributed by atoms with Gasteiger partial charge in [0.2, 0.25) is 0 Å². The Morgan fingerprint density at radius 3 is 2.17 bits per heavy atom. The average molecular weight is 170 g/mol. The lowest BCUT2D eigenvalue weighted by molar-refractivity contribution is -0.124. The van der Waals surface area contributed by atoms with Crippen LogP contribution >= 0.6 is 0 Å². The molecular formula is C9H14O3. The zero-order valence-electron chi connectivity index (χ0n) is 7.72. The summed E-state index contributed by atoms with van der Waals surface area (Å²) in [4.78, 5) is 21.8. The summed E-state index contributed by atoms with van der Waals surface area (Å²) in [6, 6.07) is 0. The summed E-state index contributed by atoms with van der Waals surface area (Å²) in [5.41, 5.74) is -0.284. The van der Waals surface area contributed by atoms with E-state index in [9.17, 15) is 9.59 Å². The van der Waals surface area contributed by atoms with Crippen molar-refractivity contribution in [1.82, 2.24) is 0 Å². The Hall–Kier alpha value is -0.700. The highest BCUT2D eigenvalue weighted by atomic mass is 16.6. The van der Waals surface area contributed by atoms with E-state index in [2.05, 4.69) is 0 Å². The summed E-state index contributed by atoms with van der Waals surface area (Å²) < 4.78 is 5.14. The smallest absolute Gasteiger partial charge is 0.164 e. The lowest BCUT2D eigenvalue weighted by atomic mass is 10.0. The first-order chi connectivity index (χ1) is 5.43. The van der Waals surface area contributed by atoms with Crippen molar-refractivity contribution in [3.05, 3.63) is 0 Å². The summed E-state index contributed by atoms with van der Waals surface area (Å²) in [6.07, 6.45) is 0.398. The van der Waals surface area contributed by atoms with Crippen LogP contribution in [0.25, 0.3) is 0 Å². The standard InChI is InChI=1S/C9H14O3/c1-6(10)4-5-7(11)8-9(2,3)12-8/h8H,4-5H2,1-3H3. The number of ether oxygens (including phenoxy) is 1. The fourth-order valence-corrected chi connectivity index (χ4v) is 1.15. The van der Waals surface area contributed by atoms with Crippen molar-refractivity contribution in [2.75, 3.05) is 0 Å². The third-order valence-corrected chi connectivity index (χ3v) is 2.01. The molecular weight excluding hydrogens is 156 g/mol. The first kappa shape index (κ1) is 9.39. The predicted octanol–water partition coefficient (Wildman–Crippen LogP) is 1.10. The van der Waals surface area contributed by atoms with Gasteiger partial charge in [0, 0.05) is 12.8 Å². The molecule has 0 aliphatic carbocycles. The molecule has 0 amide bonds. The molecule has 12 heavy (non-hydrogen) atoms. The van der Waals surface area contributed by atoms with Gasteiger partial charge in [-0.1, -0.05) is 0 Å². The molecule has 1 aliphatic heterocycles. The Morgan fingerprint density at radius 2 is 1.83 bits per heavy atom. The minimum Gasteiger partial charge on any atom is -0.358 e. The Morgan fingerprint density at radius 1 is 1.33 bits per heavy atom. The van der Waals surface area contributed by atoms with E-state index in [0.717, 1.165) is 0 Å². The molecule has 1 unspecified atom stereocenters. The first-order valence-corrected chi connectivity index (χ1v) is 4.13. The van der Waals surface area contributed by atoms with Crippen LogP contribution in [0, 0.1) is 0 Å². The van der Waals surface area contributed by atoms with E-state index in [1.165, 1.54) is 6.92 Å². The number of hydrogen-bond donors (Lipinski definition) is 0. The minimum absolute atomic E-state index is 0.0511. The zero-order chi connectivity index (χ0) is 9.35. The molecule has 1 rings (SSSR count). The minimum atomic E-state index is -0.284. The van der Waals surface area contributed by atoms with Crippen molar-refractivity contribution in [2.24, 2.45) is 0 Å². The van der Waals surface area contributed by atoms with Crippen molar-refractivity contribution < 1.29 is 14.3 Å². The Labute approximate surface area is 72.1 Å². The van der Waals surface area contributed by atoms with Gasteiger partial charge in [0.05, 0.1) is 5.60 Å². The third-order valence-electron chi connectivity index (χ3n) is 2.01. The number of carbonyl (C=O) groups is 2. The number of ketones is 2. The van der Waals surface area contributed by atoms with Crippen LogP contribution in [0.15, 0.2) is 0 Å². The Bertz CT molecular complexity index is 218. The fourth-order valence-electron chi connectivity index (χ4n) is 1.15. The molecule has 68 valence electrons. The average Bonchev–Trinajstić information content (AvgIpc) is 2.55. The molecule has 3 nitrogen and oxygen atoms in total. The van der Waals surface area contributed by atoms with E-state index in [-0.39, 0.29) is 23.3 Å². The van der Waals surface area contributed by atoms with Gasteiger partial charge in [0.15, 0.2) is 5.78 Å². The highest BCUT2D eigenvalue weighted by Gasteiger charge is 2.52. The van der Waals surface area contributed by atoms with Crippen LogP contribution < -0.4 is 0 Å². The Balaban J connectivity index is 2.27. The van der Waals surface area contributed by atoms with Crippen LogP contribution in [-0.4, -0.2) is 23.3 Å². The largest absolute Gasteiger partial charge is 0.358 e. The van der Waals surface area contributed by atoms with Crippen LogP contribution in [-0.2, 0) is 14.3 Å². The molecule has 0 saturated carbocycles. The summed E-state index contributed by atoms with van der Waals surface area (Å²) in [7, 11) is 0. The Kier molecular flexibility index (Phi) is 2.33. The number of epoxide rings is 1. The predicted molar refractivity (Wildman–Crippen MR) is 43.9 cm³/mol. The molecule has 0 aromatic rings. The third kappa shape index (κ3) is 2.14. The molecule has 1 aliphatic rings. The normalized spacial score (nSPS) is 25.1. The lowest BCUT2D eigenvalue weighted by Gasteiger charge is -1.95. The topological polar surface area (TPSA) is 46.7 Å². The number of carbonyl (C=O) groups excluding carboxylic acids is 2. The van der Waals surface area contributed by atoms with Crippen molar-refractivity contribution in [3.8, 4) is 0 Å². The van der Waals surface area contributed by atoms with Crippen molar-refractivity contribution in [2.45, 2.75) is 45.3 Å². The van der Waals surface area contributed by atoms with Crippen molar-refractivity contribution in [1.29, 1.82) is 0 Å². The van der Waals surface area contributed by atoms with E-state index in [1.807, 2.05) is 13.8 Å². The van der Waals surface area contributed by atoms with E-state index < -0.39 is 0 Å². The highest BCUT2D eigenvalue weighted by molar-refractivity contribution is 5.90. The van der Waals surface area contributed by atoms with Gasteiger partial charge in [-0.25, -0.2) is 0 Å². The van der Waals surface area contributed by atoms with Crippen LogP contribution in [0.1, 0.15) is 33.6 Å². The number of rotatable bonds is 4. The van der Waals surface area contributed by atoms with E-state index >= 15 is 0 Å². The van der Waals surface area contributed by atoms with Crippen LogP contribution in [0.5, 0.6) is 0 Å². The highest BCUT2D eigenvalue weighted by Crippen LogP contribution is 2.36. The second-order valence-electron chi connectivity index (χ2n) is 3.77. The molecule has 1 saturated heterocycles. The number of hydrogen-bond acceptors (Lipinski definition) is 3. The lowest BCUT2D eigenvalue weighted by Crippen LogP contribution is -2.15. The van der Waals surface area contributed by atoms with E-state index in [4.69, 9.17) is 4.74 Å². The first-order valence-electron chi connectivity index (χ1n) is 4.13. The van der Waals surface area contributed by atoms with Gasteiger partial charge in [-0.3, -0.25) is 4.79 Å². The van der Waals surface area contributed by atoms with Crippen molar-refractivity contribution in [3.63, 3.8) is 0 Å². The summed E-state index contributed by atoms with van der Waals surface area (Å²) in [5, 5.41) is 0. The van der Waals surface area contributed by atoms with Crippen LogP contribution in [0.2, 0.25) is 0 Å². The van der Waals surface area contributed by atoms with Gasteiger partial charge in [-0.15, -0.1) is 0 Å².